The van der Waals surface area contributed by atoms with E-state index in [-0.39, 0.29) is 13.2 Å². The highest BCUT2D eigenvalue weighted by atomic mass is 16.5. The van der Waals surface area contributed by atoms with E-state index >= 15 is 0 Å². The summed E-state index contributed by atoms with van der Waals surface area (Å²) in [5.74, 6) is 1.79. The van der Waals surface area contributed by atoms with Gasteiger partial charge in [-0.15, -0.1) is 0 Å². The minimum Gasteiger partial charge on any atom is -0.493 e. The molecule has 0 aromatic heterocycles. The predicted octanol–water partition coefficient (Wildman–Crippen LogP) is 2.86. The average Bonchev–Trinajstić information content (AvgIpc) is 2.49. The lowest BCUT2D eigenvalue weighted by atomic mass is 10.1. The van der Waals surface area contributed by atoms with Gasteiger partial charge in [0, 0.05) is 11.1 Å². The second-order valence-electron chi connectivity index (χ2n) is 4.24. The van der Waals surface area contributed by atoms with E-state index < -0.39 is 0 Å². The monoisotopic (exact) mass is 274 g/mol. The minimum atomic E-state index is -0.172. The van der Waals surface area contributed by atoms with Crippen molar-refractivity contribution in [3.8, 4) is 17.2 Å². The standard InChI is InChI=1S/C16H18O4/c1-2-19-16-12(10-17)8-15(9-13(16)11-18)20-14-6-4-3-5-7-14/h3-9,17-18H,2,10-11H2,1H3. The molecule has 0 saturated carbocycles. The lowest BCUT2D eigenvalue weighted by Crippen LogP contribution is -2.02. The van der Waals surface area contributed by atoms with Crippen LogP contribution in [0.15, 0.2) is 42.5 Å². The van der Waals surface area contributed by atoms with Crippen molar-refractivity contribution in [2.24, 2.45) is 0 Å². The molecule has 0 fully saturated rings. The first kappa shape index (κ1) is 14.4. The second-order valence-corrected chi connectivity index (χ2v) is 4.24. The molecule has 0 saturated heterocycles. The fourth-order valence-corrected chi connectivity index (χ4v) is 1.97. The Morgan fingerprint density at radius 1 is 0.900 bits per heavy atom. The molecule has 0 spiro atoms. The Kier molecular flexibility index (Phi) is 4.98. The Morgan fingerprint density at radius 3 is 2.00 bits per heavy atom. The van der Waals surface area contributed by atoms with Gasteiger partial charge in [0.25, 0.3) is 0 Å². The van der Waals surface area contributed by atoms with Crippen molar-refractivity contribution >= 4 is 0 Å². The zero-order valence-corrected chi connectivity index (χ0v) is 11.4. The van der Waals surface area contributed by atoms with Crippen LogP contribution in [0.5, 0.6) is 17.2 Å². The van der Waals surface area contributed by atoms with Crippen molar-refractivity contribution in [2.75, 3.05) is 6.61 Å². The Labute approximate surface area is 118 Å². The molecule has 0 amide bonds. The van der Waals surface area contributed by atoms with Gasteiger partial charge in [0.05, 0.1) is 19.8 Å². The topological polar surface area (TPSA) is 58.9 Å². The van der Waals surface area contributed by atoms with Crippen LogP contribution in [-0.2, 0) is 13.2 Å². The number of para-hydroxylation sites is 1. The molecule has 0 aliphatic rings. The van der Waals surface area contributed by atoms with Crippen LogP contribution in [0.2, 0.25) is 0 Å². The maximum Gasteiger partial charge on any atom is 0.130 e. The molecule has 0 bridgehead atoms. The quantitative estimate of drug-likeness (QED) is 0.850. The molecule has 2 rings (SSSR count). The molecule has 2 aromatic rings. The van der Waals surface area contributed by atoms with Crippen molar-refractivity contribution in [3.63, 3.8) is 0 Å². The molecule has 0 heterocycles. The highest BCUT2D eigenvalue weighted by molar-refractivity contribution is 5.48. The number of aliphatic hydroxyl groups is 2. The van der Waals surface area contributed by atoms with Crippen LogP contribution in [0.25, 0.3) is 0 Å². The molecule has 2 N–H and O–H groups in total. The number of ether oxygens (including phenoxy) is 2. The smallest absolute Gasteiger partial charge is 0.130 e. The van der Waals surface area contributed by atoms with E-state index in [2.05, 4.69) is 0 Å². The number of hydrogen-bond acceptors (Lipinski definition) is 4. The summed E-state index contributed by atoms with van der Waals surface area (Å²) in [6, 6.07) is 12.8. The van der Waals surface area contributed by atoms with Crippen LogP contribution in [0.3, 0.4) is 0 Å². The van der Waals surface area contributed by atoms with E-state index in [1.807, 2.05) is 37.3 Å². The molecule has 2 aromatic carbocycles. The second kappa shape index (κ2) is 6.93. The van der Waals surface area contributed by atoms with Crippen LogP contribution < -0.4 is 9.47 Å². The van der Waals surface area contributed by atoms with Crippen molar-refractivity contribution in [1.82, 2.24) is 0 Å². The highest BCUT2D eigenvalue weighted by Crippen LogP contribution is 2.32. The maximum absolute atomic E-state index is 9.44. The molecule has 0 radical (unpaired) electrons. The molecule has 4 heteroatoms. The summed E-state index contributed by atoms with van der Waals surface area (Å²) in [5.41, 5.74) is 1.20. The molecule has 20 heavy (non-hydrogen) atoms. The molecule has 0 aliphatic carbocycles. The number of hydrogen-bond donors (Lipinski definition) is 2. The Balaban J connectivity index is 2.35. The predicted molar refractivity (Wildman–Crippen MR) is 76.0 cm³/mol. The molecule has 0 atom stereocenters. The fourth-order valence-electron chi connectivity index (χ4n) is 1.97. The van der Waals surface area contributed by atoms with Gasteiger partial charge in [0.15, 0.2) is 0 Å². The van der Waals surface area contributed by atoms with Gasteiger partial charge in [-0.05, 0) is 31.2 Å². The minimum absolute atomic E-state index is 0.172. The van der Waals surface area contributed by atoms with Crippen molar-refractivity contribution in [1.29, 1.82) is 0 Å². The summed E-state index contributed by atoms with van der Waals surface area (Å²) < 4.78 is 11.2. The van der Waals surface area contributed by atoms with Crippen molar-refractivity contribution in [3.05, 3.63) is 53.6 Å². The fraction of sp³-hybridized carbons (Fsp3) is 0.250. The molecule has 4 nitrogen and oxygen atoms in total. The van der Waals surface area contributed by atoms with Crippen LogP contribution in [0, 0.1) is 0 Å². The summed E-state index contributed by atoms with van der Waals surface area (Å²) >= 11 is 0. The largest absolute Gasteiger partial charge is 0.493 e. The zero-order valence-electron chi connectivity index (χ0n) is 11.4. The molecule has 106 valence electrons. The van der Waals surface area contributed by atoms with E-state index in [0.29, 0.717) is 35.0 Å². The SMILES string of the molecule is CCOc1c(CO)cc(Oc2ccccc2)cc1CO. The van der Waals surface area contributed by atoms with E-state index in [0.717, 1.165) is 0 Å². The van der Waals surface area contributed by atoms with E-state index in [1.165, 1.54) is 0 Å². The lowest BCUT2D eigenvalue weighted by molar-refractivity contribution is 0.250. The summed E-state index contributed by atoms with van der Waals surface area (Å²) in [5, 5.41) is 18.9. The molecular formula is C16H18O4. The Morgan fingerprint density at radius 2 is 1.50 bits per heavy atom. The number of aliphatic hydroxyl groups excluding tert-OH is 2. The van der Waals surface area contributed by atoms with Crippen LogP contribution in [-0.4, -0.2) is 16.8 Å². The van der Waals surface area contributed by atoms with Crippen molar-refractivity contribution < 1.29 is 19.7 Å². The van der Waals surface area contributed by atoms with Gasteiger partial charge in [0.1, 0.15) is 17.2 Å². The maximum atomic E-state index is 9.44. The first-order valence-corrected chi connectivity index (χ1v) is 6.51. The van der Waals surface area contributed by atoms with Crippen molar-refractivity contribution in [2.45, 2.75) is 20.1 Å². The molecule has 0 aliphatic heterocycles. The Hall–Kier alpha value is -2.04. The number of rotatable bonds is 6. The first-order valence-electron chi connectivity index (χ1n) is 6.51. The average molecular weight is 274 g/mol. The summed E-state index contributed by atoms with van der Waals surface area (Å²) in [6.07, 6.45) is 0. The first-order chi connectivity index (χ1) is 9.78. The van der Waals surface area contributed by atoms with Gasteiger partial charge >= 0.3 is 0 Å². The summed E-state index contributed by atoms with van der Waals surface area (Å²) in [7, 11) is 0. The van der Waals surface area contributed by atoms with Gasteiger partial charge in [-0.1, -0.05) is 18.2 Å². The summed E-state index contributed by atoms with van der Waals surface area (Å²) in [6.45, 7) is 1.98. The lowest BCUT2D eigenvalue weighted by Gasteiger charge is -2.15. The highest BCUT2D eigenvalue weighted by Gasteiger charge is 2.12. The van der Waals surface area contributed by atoms with E-state index in [1.54, 1.807) is 12.1 Å². The third kappa shape index (κ3) is 3.29. The van der Waals surface area contributed by atoms with E-state index in [9.17, 15) is 10.2 Å². The third-order valence-corrected chi connectivity index (χ3v) is 2.82. The number of benzene rings is 2. The molecular weight excluding hydrogens is 256 g/mol. The van der Waals surface area contributed by atoms with Gasteiger partial charge < -0.3 is 19.7 Å². The normalized spacial score (nSPS) is 10.3. The van der Waals surface area contributed by atoms with E-state index in [4.69, 9.17) is 9.47 Å². The van der Waals surface area contributed by atoms with Crippen LogP contribution in [0.1, 0.15) is 18.1 Å². The van der Waals surface area contributed by atoms with Gasteiger partial charge in [0.2, 0.25) is 0 Å². The third-order valence-electron chi connectivity index (χ3n) is 2.82. The van der Waals surface area contributed by atoms with Crippen LogP contribution in [0.4, 0.5) is 0 Å². The zero-order chi connectivity index (χ0) is 14.4. The van der Waals surface area contributed by atoms with Gasteiger partial charge in [-0.2, -0.15) is 0 Å². The van der Waals surface area contributed by atoms with Gasteiger partial charge in [-0.3, -0.25) is 0 Å². The Bertz CT molecular complexity index is 527. The summed E-state index contributed by atoms with van der Waals surface area (Å²) in [4.78, 5) is 0. The molecule has 0 unspecified atom stereocenters. The van der Waals surface area contributed by atoms with Gasteiger partial charge in [-0.25, -0.2) is 0 Å². The van der Waals surface area contributed by atoms with Crippen LogP contribution >= 0.6 is 0 Å².